The largest absolute Gasteiger partial charge is 0.489 e. The van der Waals surface area contributed by atoms with E-state index in [1.165, 1.54) is 19.6 Å². The van der Waals surface area contributed by atoms with Gasteiger partial charge in [-0.25, -0.2) is 14.2 Å². The standard InChI is InChI=1S/C33H34BrFN2O5/c1-3-7-30(38)31(39)20-10-14-26(34)22(16-20)19-42-24-12-13-25(27(35)18-24)32-36-28-17-21(33(40)41-2)11-15-29(28)37(32)23-8-5-4-6-9-23/h10-18,23,30,38H,3-9,19H2,1-2H3. The molecule has 220 valence electrons. The van der Waals surface area contributed by atoms with Crippen molar-refractivity contribution >= 4 is 38.7 Å². The van der Waals surface area contributed by atoms with E-state index in [1.807, 2.05) is 13.0 Å². The number of methoxy groups -OCH3 is 1. The zero-order valence-corrected chi connectivity index (χ0v) is 25.3. The summed E-state index contributed by atoms with van der Waals surface area (Å²) in [5, 5.41) is 10.1. The van der Waals surface area contributed by atoms with Gasteiger partial charge in [-0.05, 0) is 61.7 Å². The number of aliphatic hydroxyl groups is 1. The van der Waals surface area contributed by atoms with Crippen LogP contribution in [0.5, 0.6) is 5.75 Å². The topological polar surface area (TPSA) is 90.7 Å². The van der Waals surface area contributed by atoms with Crippen LogP contribution in [-0.2, 0) is 11.3 Å². The van der Waals surface area contributed by atoms with Gasteiger partial charge in [-0.1, -0.05) is 54.6 Å². The summed E-state index contributed by atoms with van der Waals surface area (Å²) in [5.41, 5.74) is 3.31. The lowest BCUT2D eigenvalue weighted by Crippen LogP contribution is -2.20. The van der Waals surface area contributed by atoms with E-state index in [0.717, 1.165) is 35.7 Å². The second kappa shape index (κ2) is 13.2. The first-order valence-electron chi connectivity index (χ1n) is 14.3. The number of ether oxygens (including phenoxy) is 2. The number of rotatable bonds is 10. The van der Waals surface area contributed by atoms with E-state index in [1.54, 1.807) is 42.5 Å². The highest BCUT2D eigenvalue weighted by atomic mass is 79.9. The Morgan fingerprint density at radius 1 is 1.07 bits per heavy atom. The van der Waals surface area contributed by atoms with Crippen LogP contribution >= 0.6 is 15.9 Å². The molecule has 1 aromatic heterocycles. The highest BCUT2D eigenvalue weighted by Gasteiger charge is 2.25. The smallest absolute Gasteiger partial charge is 0.337 e. The average molecular weight is 638 g/mol. The molecule has 5 rings (SSSR count). The van der Waals surface area contributed by atoms with Gasteiger partial charge in [-0.3, -0.25) is 4.79 Å². The maximum Gasteiger partial charge on any atom is 0.337 e. The number of carbonyl (C=O) groups is 2. The Bertz CT molecular complexity index is 1610. The molecule has 1 aliphatic rings. The van der Waals surface area contributed by atoms with E-state index in [-0.39, 0.29) is 18.4 Å². The van der Waals surface area contributed by atoms with Crippen molar-refractivity contribution in [1.29, 1.82) is 0 Å². The molecule has 9 heteroatoms. The van der Waals surface area contributed by atoms with E-state index in [9.17, 15) is 14.7 Å². The molecule has 4 aromatic rings. The SMILES string of the molecule is CCCC(O)C(=O)c1ccc(Br)c(COc2ccc(-c3nc4cc(C(=O)OC)ccc4n3C3CCCCC3)c(F)c2)c1. The van der Waals surface area contributed by atoms with Gasteiger partial charge in [0.25, 0.3) is 0 Å². The molecular formula is C33H34BrFN2O5. The number of halogens is 2. The first kappa shape index (κ1) is 29.9. The fraction of sp³-hybridized carbons (Fsp3) is 0.364. The highest BCUT2D eigenvalue weighted by molar-refractivity contribution is 9.10. The molecule has 42 heavy (non-hydrogen) atoms. The molecular weight excluding hydrogens is 603 g/mol. The van der Waals surface area contributed by atoms with Gasteiger partial charge in [0.15, 0.2) is 5.78 Å². The normalized spacial score (nSPS) is 14.6. The minimum Gasteiger partial charge on any atom is -0.489 e. The third kappa shape index (κ3) is 6.27. The van der Waals surface area contributed by atoms with E-state index >= 15 is 4.39 Å². The molecule has 1 saturated carbocycles. The monoisotopic (exact) mass is 636 g/mol. The predicted molar refractivity (Wildman–Crippen MR) is 162 cm³/mol. The summed E-state index contributed by atoms with van der Waals surface area (Å²) in [6.45, 7) is 2.01. The summed E-state index contributed by atoms with van der Waals surface area (Å²) in [6, 6.07) is 15.3. The van der Waals surface area contributed by atoms with Gasteiger partial charge in [0.1, 0.15) is 30.1 Å². The van der Waals surface area contributed by atoms with Crippen LogP contribution in [0.3, 0.4) is 0 Å². The number of aliphatic hydroxyl groups excluding tert-OH is 1. The number of esters is 1. The van der Waals surface area contributed by atoms with Crippen molar-refractivity contribution in [2.75, 3.05) is 7.11 Å². The Morgan fingerprint density at radius 2 is 1.83 bits per heavy atom. The van der Waals surface area contributed by atoms with Crippen molar-refractivity contribution in [1.82, 2.24) is 9.55 Å². The molecule has 0 aliphatic heterocycles. The number of Topliss-reactive ketones (excluding diaryl/α,β-unsaturated/α-hetero) is 1. The lowest BCUT2D eigenvalue weighted by atomic mass is 9.94. The van der Waals surface area contributed by atoms with E-state index < -0.39 is 17.9 Å². The molecule has 1 fully saturated rings. The average Bonchev–Trinajstić information content (AvgIpc) is 3.39. The van der Waals surface area contributed by atoms with Gasteiger partial charge in [-0.15, -0.1) is 0 Å². The second-order valence-electron chi connectivity index (χ2n) is 10.7. The fourth-order valence-corrected chi connectivity index (χ4v) is 5.97. The quantitative estimate of drug-likeness (QED) is 0.141. The summed E-state index contributed by atoms with van der Waals surface area (Å²) in [7, 11) is 1.34. The predicted octanol–water partition coefficient (Wildman–Crippen LogP) is 7.82. The van der Waals surface area contributed by atoms with Gasteiger partial charge in [0, 0.05) is 27.7 Å². The molecule has 0 saturated heterocycles. The second-order valence-corrected chi connectivity index (χ2v) is 11.6. The number of benzene rings is 3. The summed E-state index contributed by atoms with van der Waals surface area (Å²) >= 11 is 3.49. The molecule has 0 radical (unpaired) electrons. The molecule has 1 unspecified atom stereocenters. The molecule has 0 bridgehead atoms. The van der Waals surface area contributed by atoms with Crippen LogP contribution in [0.15, 0.2) is 59.1 Å². The van der Waals surface area contributed by atoms with E-state index in [2.05, 4.69) is 20.5 Å². The molecule has 7 nitrogen and oxygen atoms in total. The molecule has 1 aliphatic carbocycles. The van der Waals surface area contributed by atoms with Crippen LogP contribution in [0.1, 0.15) is 84.2 Å². The Labute approximate surface area is 252 Å². The van der Waals surface area contributed by atoms with E-state index in [0.29, 0.717) is 52.2 Å². The zero-order chi connectivity index (χ0) is 29.8. The van der Waals surface area contributed by atoms with E-state index in [4.69, 9.17) is 14.5 Å². The van der Waals surface area contributed by atoms with Crippen LogP contribution in [-0.4, -0.2) is 39.6 Å². The van der Waals surface area contributed by atoms with Crippen molar-refractivity contribution < 1.29 is 28.6 Å². The third-order valence-corrected chi connectivity index (χ3v) is 8.59. The van der Waals surface area contributed by atoms with Gasteiger partial charge in [0.2, 0.25) is 0 Å². The fourth-order valence-electron chi connectivity index (χ4n) is 5.61. The number of ketones is 1. The van der Waals surface area contributed by atoms with Gasteiger partial charge in [-0.2, -0.15) is 0 Å². The van der Waals surface area contributed by atoms with Crippen LogP contribution in [0.2, 0.25) is 0 Å². The van der Waals surface area contributed by atoms with Crippen LogP contribution in [0.4, 0.5) is 4.39 Å². The Morgan fingerprint density at radius 3 is 2.55 bits per heavy atom. The van der Waals surface area contributed by atoms with Crippen molar-refractivity contribution in [3.63, 3.8) is 0 Å². The number of hydrogen-bond donors (Lipinski definition) is 1. The molecule has 0 amide bonds. The number of fused-ring (bicyclic) bond motifs is 1. The minimum absolute atomic E-state index is 0.0985. The van der Waals surface area contributed by atoms with Gasteiger partial charge >= 0.3 is 5.97 Å². The number of imidazole rings is 1. The molecule has 1 atom stereocenters. The third-order valence-electron chi connectivity index (χ3n) is 7.82. The minimum atomic E-state index is -1.04. The van der Waals surface area contributed by atoms with Gasteiger partial charge < -0.3 is 19.1 Å². The number of nitrogens with zero attached hydrogens (tertiary/aromatic N) is 2. The highest BCUT2D eigenvalue weighted by Crippen LogP contribution is 2.37. The van der Waals surface area contributed by atoms with Crippen molar-refractivity contribution in [3.8, 4) is 17.1 Å². The van der Waals surface area contributed by atoms with Crippen LogP contribution < -0.4 is 4.74 Å². The number of aromatic nitrogens is 2. The zero-order valence-electron chi connectivity index (χ0n) is 23.7. The lowest BCUT2D eigenvalue weighted by Gasteiger charge is -2.25. The first-order valence-corrected chi connectivity index (χ1v) is 15.1. The molecule has 1 heterocycles. The van der Waals surface area contributed by atoms with Crippen molar-refractivity contribution in [3.05, 3.63) is 81.6 Å². The first-order chi connectivity index (χ1) is 20.3. The Kier molecular flexibility index (Phi) is 9.38. The van der Waals surface area contributed by atoms with Crippen molar-refractivity contribution in [2.45, 2.75) is 70.6 Å². The van der Waals surface area contributed by atoms with Crippen LogP contribution in [0, 0.1) is 5.82 Å². The lowest BCUT2D eigenvalue weighted by molar-refractivity contribution is 0.0600. The summed E-state index contributed by atoms with van der Waals surface area (Å²) < 4.78 is 29.4. The van der Waals surface area contributed by atoms with Gasteiger partial charge in [0.05, 0.1) is 29.3 Å². The number of hydrogen-bond acceptors (Lipinski definition) is 6. The van der Waals surface area contributed by atoms with Crippen molar-refractivity contribution in [2.24, 2.45) is 0 Å². The Balaban J connectivity index is 1.43. The summed E-state index contributed by atoms with van der Waals surface area (Å²) in [4.78, 5) is 29.5. The summed E-state index contributed by atoms with van der Waals surface area (Å²) in [5.74, 6) is -0.405. The maximum absolute atomic E-state index is 15.7. The molecule has 0 spiro atoms. The Hall–Kier alpha value is -3.56. The number of carbonyl (C=O) groups excluding carboxylic acids is 2. The maximum atomic E-state index is 15.7. The molecule has 1 N–H and O–H groups in total. The summed E-state index contributed by atoms with van der Waals surface area (Å²) in [6.07, 6.45) is 5.38. The van der Waals surface area contributed by atoms with Crippen LogP contribution in [0.25, 0.3) is 22.4 Å². The molecule has 3 aromatic carbocycles.